The van der Waals surface area contributed by atoms with Crippen molar-refractivity contribution in [3.8, 4) is 5.75 Å². The van der Waals surface area contributed by atoms with Crippen molar-refractivity contribution in [3.63, 3.8) is 0 Å². The minimum absolute atomic E-state index is 0.322. The molecule has 0 radical (unpaired) electrons. The number of carbonyl (C=O) groups is 3. The van der Waals surface area contributed by atoms with Crippen LogP contribution in [0.2, 0.25) is 0 Å². The van der Waals surface area contributed by atoms with Gasteiger partial charge in [-0.1, -0.05) is 30.3 Å². The van der Waals surface area contributed by atoms with Crippen molar-refractivity contribution >= 4 is 23.5 Å². The molecule has 0 bridgehead atoms. The number of hydrogen-bond acceptors (Lipinski definition) is 4. The van der Waals surface area contributed by atoms with Gasteiger partial charge in [-0.2, -0.15) is 0 Å². The van der Waals surface area contributed by atoms with E-state index in [4.69, 9.17) is 4.74 Å². The van der Waals surface area contributed by atoms with Crippen LogP contribution in [0.3, 0.4) is 0 Å². The number of urea groups is 1. The Morgan fingerprint density at radius 2 is 1.79 bits per heavy atom. The molecule has 0 spiro atoms. The van der Waals surface area contributed by atoms with E-state index in [0.29, 0.717) is 18.5 Å². The largest absolute Gasteiger partial charge is 0.497 e. The molecular weight excluding hydrogens is 358 g/mol. The average molecular weight is 381 g/mol. The van der Waals surface area contributed by atoms with Crippen molar-refractivity contribution in [3.05, 3.63) is 60.2 Å². The Kier molecular flexibility index (Phi) is 5.63. The van der Waals surface area contributed by atoms with E-state index in [0.717, 1.165) is 16.2 Å². The number of hydrogen-bond donors (Lipinski definition) is 2. The molecule has 1 saturated heterocycles. The number of methoxy groups -OCH3 is 1. The number of benzene rings is 2. The molecule has 2 aromatic carbocycles. The van der Waals surface area contributed by atoms with Gasteiger partial charge < -0.3 is 15.4 Å². The van der Waals surface area contributed by atoms with E-state index in [9.17, 15) is 14.4 Å². The lowest BCUT2D eigenvalue weighted by atomic mass is 9.93. The Morgan fingerprint density at radius 1 is 1.11 bits per heavy atom. The van der Waals surface area contributed by atoms with E-state index in [-0.39, 0.29) is 6.54 Å². The van der Waals surface area contributed by atoms with E-state index in [1.54, 1.807) is 38.3 Å². The van der Waals surface area contributed by atoms with Crippen LogP contribution in [-0.4, -0.2) is 41.9 Å². The minimum atomic E-state index is -1.04. The highest BCUT2D eigenvalue weighted by Gasteiger charge is 2.47. The second-order valence-corrected chi connectivity index (χ2v) is 6.92. The number of aryl methyl sites for hydroxylation is 1. The number of para-hydroxylation sites is 1. The van der Waals surface area contributed by atoms with E-state index >= 15 is 0 Å². The van der Waals surface area contributed by atoms with Crippen LogP contribution in [0.4, 0.5) is 10.5 Å². The number of ether oxygens (including phenoxy) is 1. The highest BCUT2D eigenvalue weighted by Crippen LogP contribution is 2.24. The van der Waals surface area contributed by atoms with Crippen molar-refractivity contribution < 1.29 is 19.1 Å². The first-order chi connectivity index (χ1) is 13.4. The first-order valence-electron chi connectivity index (χ1n) is 9.03. The maximum absolute atomic E-state index is 12.8. The minimum Gasteiger partial charge on any atom is -0.497 e. The molecule has 2 N–H and O–H groups in total. The molecule has 4 amide bonds. The number of carbonyl (C=O) groups excluding carboxylic acids is 3. The molecule has 1 aliphatic heterocycles. The van der Waals surface area contributed by atoms with Gasteiger partial charge >= 0.3 is 6.03 Å². The lowest BCUT2D eigenvalue weighted by molar-refractivity contribution is -0.133. The smallest absolute Gasteiger partial charge is 0.325 e. The van der Waals surface area contributed by atoms with Crippen LogP contribution < -0.4 is 15.4 Å². The fraction of sp³-hybridized carbons (Fsp3) is 0.286. The van der Waals surface area contributed by atoms with Gasteiger partial charge in [-0.25, -0.2) is 4.79 Å². The van der Waals surface area contributed by atoms with Gasteiger partial charge in [0.2, 0.25) is 5.91 Å². The first-order valence-corrected chi connectivity index (χ1v) is 9.03. The molecule has 2 aromatic rings. The lowest BCUT2D eigenvalue weighted by Crippen LogP contribution is -2.45. The normalized spacial score (nSPS) is 18.7. The molecule has 1 atom stereocenters. The molecule has 1 heterocycles. The molecule has 7 heteroatoms. The third-order valence-corrected chi connectivity index (χ3v) is 4.78. The van der Waals surface area contributed by atoms with Crippen LogP contribution in [0, 0.1) is 0 Å². The Labute approximate surface area is 163 Å². The molecule has 28 heavy (non-hydrogen) atoms. The van der Waals surface area contributed by atoms with Crippen LogP contribution in [0.1, 0.15) is 18.9 Å². The molecule has 1 aliphatic rings. The van der Waals surface area contributed by atoms with Crippen molar-refractivity contribution in [2.45, 2.75) is 25.3 Å². The predicted molar refractivity (Wildman–Crippen MR) is 105 cm³/mol. The Balaban J connectivity index is 1.60. The zero-order valence-corrected chi connectivity index (χ0v) is 15.9. The quantitative estimate of drug-likeness (QED) is 0.722. The zero-order valence-electron chi connectivity index (χ0n) is 15.9. The number of anilines is 1. The molecule has 0 aliphatic carbocycles. The maximum Gasteiger partial charge on any atom is 0.325 e. The molecular formula is C21H23N3O4. The molecule has 7 nitrogen and oxygen atoms in total. The number of amides is 4. The highest BCUT2D eigenvalue weighted by molar-refractivity contribution is 6.09. The zero-order chi connectivity index (χ0) is 20.1. The van der Waals surface area contributed by atoms with Crippen LogP contribution >= 0.6 is 0 Å². The third-order valence-electron chi connectivity index (χ3n) is 4.78. The summed E-state index contributed by atoms with van der Waals surface area (Å²) in [5, 5.41) is 5.41. The van der Waals surface area contributed by atoms with Gasteiger partial charge in [0.05, 0.1) is 7.11 Å². The Bertz CT molecular complexity index is 867. The average Bonchev–Trinajstić information content (AvgIpc) is 2.91. The van der Waals surface area contributed by atoms with Crippen LogP contribution in [0.25, 0.3) is 0 Å². The van der Waals surface area contributed by atoms with Crippen LogP contribution in [0.15, 0.2) is 54.6 Å². The van der Waals surface area contributed by atoms with Crippen molar-refractivity contribution in [2.75, 3.05) is 19.0 Å². The standard InChI is InChI=1S/C21H23N3O4/c1-21(13-12-15-8-10-17(28-2)11-9-15)19(26)24(20(27)23-21)14-18(25)22-16-6-4-3-5-7-16/h3-11H,12-14H2,1-2H3,(H,22,25)(H,23,27)/t21-/m0/s1. The van der Waals surface area contributed by atoms with Crippen molar-refractivity contribution in [2.24, 2.45) is 0 Å². The molecule has 1 fully saturated rings. The number of nitrogens with zero attached hydrogens (tertiary/aromatic N) is 1. The molecule has 3 rings (SSSR count). The van der Waals surface area contributed by atoms with Gasteiger partial charge in [0.25, 0.3) is 5.91 Å². The van der Waals surface area contributed by atoms with Crippen LogP contribution in [-0.2, 0) is 16.0 Å². The lowest BCUT2D eigenvalue weighted by Gasteiger charge is -2.21. The Morgan fingerprint density at radius 3 is 2.43 bits per heavy atom. The highest BCUT2D eigenvalue weighted by atomic mass is 16.5. The molecule has 0 unspecified atom stereocenters. The van der Waals surface area contributed by atoms with E-state index in [2.05, 4.69) is 10.6 Å². The second kappa shape index (κ2) is 8.12. The summed E-state index contributed by atoms with van der Waals surface area (Å²) in [5.74, 6) is -0.0564. The van der Waals surface area contributed by atoms with Gasteiger partial charge in [0.15, 0.2) is 0 Å². The van der Waals surface area contributed by atoms with Crippen molar-refractivity contribution in [1.29, 1.82) is 0 Å². The van der Waals surface area contributed by atoms with Gasteiger partial charge in [0.1, 0.15) is 17.8 Å². The summed E-state index contributed by atoms with van der Waals surface area (Å²) in [6.07, 6.45) is 1.04. The summed E-state index contributed by atoms with van der Waals surface area (Å²) >= 11 is 0. The summed E-state index contributed by atoms with van der Waals surface area (Å²) in [6, 6.07) is 15.9. The molecule has 0 aromatic heterocycles. The van der Waals surface area contributed by atoms with Gasteiger partial charge in [-0.3, -0.25) is 14.5 Å². The predicted octanol–water partition coefficient (Wildman–Crippen LogP) is 2.58. The van der Waals surface area contributed by atoms with Gasteiger partial charge in [-0.05, 0) is 49.6 Å². The summed E-state index contributed by atoms with van der Waals surface area (Å²) in [4.78, 5) is 38.2. The van der Waals surface area contributed by atoms with Crippen molar-refractivity contribution in [1.82, 2.24) is 10.2 Å². The maximum atomic E-state index is 12.8. The SMILES string of the molecule is COc1ccc(CC[C@]2(C)NC(=O)N(CC(=O)Nc3ccccc3)C2=O)cc1. The topological polar surface area (TPSA) is 87.7 Å². The number of nitrogens with one attached hydrogen (secondary N) is 2. The fourth-order valence-corrected chi connectivity index (χ4v) is 3.11. The van der Waals surface area contributed by atoms with E-state index in [1.807, 2.05) is 30.3 Å². The van der Waals surface area contributed by atoms with Gasteiger partial charge in [-0.15, -0.1) is 0 Å². The summed E-state index contributed by atoms with van der Waals surface area (Å²) < 4.78 is 5.14. The summed E-state index contributed by atoms with van der Waals surface area (Å²) in [6.45, 7) is 1.36. The van der Waals surface area contributed by atoms with Crippen LogP contribution in [0.5, 0.6) is 5.75 Å². The number of imide groups is 1. The third kappa shape index (κ3) is 4.31. The second-order valence-electron chi connectivity index (χ2n) is 6.92. The fourth-order valence-electron chi connectivity index (χ4n) is 3.11. The molecule has 0 saturated carbocycles. The summed E-state index contributed by atoms with van der Waals surface area (Å²) in [5.41, 5.74) is 0.607. The first kappa shape index (κ1) is 19.4. The van der Waals surface area contributed by atoms with E-state index < -0.39 is 23.4 Å². The number of rotatable bonds is 7. The van der Waals surface area contributed by atoms with E-state index in [1.165, 1.54) is 0 Å². The van der Waals surface area contributed by atoms with Gasteiger partial charge in [0, 0.05) is 5.69 Å². The summed E-state index contributed by atoms with van der Waals surface area (Å²) in [7, 11) is 1.60. The Hall–Kier alpha value is -3.35. The monoisotopic (exact) mass is 381 g/mol. The molecule has 146 valence electrons.